The quantitative estimate of drug-likeness (QED) is 0.745. The first-order valence-corrected chi connectivity index (χ1v) is 7.97. The summed E-state index contributed by atoms with van der Waals surface area (Å²) in [7, 11) is 1.80. The van der Waals surface area contributed by atoms with Gasteiger partial charge in [0, 0.05) is 19.8 Å². The maximum Gasteiger partial charge on any atom is 0.244 e. The van der Waals surface area contributed by atoms with E-state index < -0.39 is 0 Å². The van der Waals surface area contributed by atoms with Crippen molar-refractivity contribution in [2.24, 2.45) is 5.73 Å². The number of thiophene rings is 1. The van der Waals surface area contributed by atoms with Gasteiger partial charge in [0.1, 0.15) is 6.54 Å². The minimum absolute atomic E-state index is 0.0274. The Morgan fingerprint density at radius 2 is 2.33 bits per heavy atom. The predicted octanol–water partition coefficient (Wildman–Crippen LogP) is 1.28. The average Bonchev–Trinajstić information content (AvgIpc) is 3.11. The number of nitrogens with zero attached hydrogens (tertiary/aromatic N) is 4. The van der Waals surface area contributed by atoms with Crippen molar-refractivity contribution < 1.29 is 4.79 Å². The molecule has 7 heteroatoms. The minimum Gasteiger partial charge on any atom is -0.340 e. The number of hydrogen-bond acceptors (Lipinski definition) is 5. The van der Waals surface area contributed by atoms with E-state index in [0.717, 1.165) is 30.5 Å². The second-order valence-corrected chi connectivity index (χ2v) is 5.81. The van der Waals surface area contributed by atoms with Crippen LogP contribution < -0.4 is 5.73 Å². The van der Waals surface area contributed by atoms with E-state index in [4.69, 9.17) is 5.73 Å². The summed E-state index contributed by atoms with van der Waals surface area (Å²) < 4.78 is 1.60. The zero-order valence-electron chi connectivity index (χ0n) is 12.2. The van der Waals surface area contributed by atoms with Crippen LogP contribution in [0.3, 0.4) is 0 Å². The number of carbonyl (C=O) groups excluding carboxylic acids is 1. The van der Waals surface area contributed by atoms with Gasteiger partial charge in [0.2, 0.25) is 5.91 Å². The van der Waals surface area contributed by atoms with Crippen molar-refractivity contribution in [2.75, 3.05) is 13.6 Å². The fourth-order valence-corrected chi connectivity index (χ4v) is 2.64. The standard InChI is InChI=1S/C14H21N5OS/c1-18(8-12-5-7-21-11-12)14(20)10-19-9-13(16-17-19)4-2-3-6-15/h5,7,9,11H,2-4,6,8,10,15H2,1H3. The van der Waals surface area contributed by atoms with E-state index in [1.165, 1.54) is 0 Å². The van der Waals surface area contributed by atoms with Crippen LogP contribution in [-0.4, -0.2) is 39.4 Å². The van der Waals surface area contributed by atoms with Gasteiger partial charge < -0.3 is 10.6 Å². The third kappa shape index (κ3) is 4.95. The van der Waals surface area contributed by atoms with Crippen molar-refractivity contribution in [3.05, 3.63) is 34.3 Å². The molecule has 0 saturated carbocycles. The molecule has 1 amide bonds. The van der Waals surface area contributed by atoms with E-state index in [1.54, 1.807) is 28.0 Å². The van der Waals surface area contributed by atoms with E-state index in [0.29, 0.717) is 13.1 Å². The van der Waals surface area contributed by atoms with Gasteiger partial charge >= 0.3 is 0 Å². The Hall–Kier alpha value is -1.73. The number of aryl methyl sites for hydroxylation is 1. The molecule has 2 heterocycles. The molecular formula is C14H21N5OS. The molecule has 0 bridgehead atoms. The SMILES string of the molecule is CN(Cc1ccsc1)C(=O)Cn1cc(CCCCN)nn1. The van der Waals surface area contributed by atoms with Crippen LogP contribution in [-0.2, 0) is 24.3 Å². The molecule has 0 aliphatic heterocycles. The van der Waals surface area contributed by atoms with Gasteiger partial charge in [-0.15, -0.1) is 5.10 Å². The van der Waals surface area contributed by atoms with Crippen LogP contribution in [0.5, 0.6) is 0 Å². The zero-order valence-corrected chi connectivity index (χ0v) is 13.1. The van der Waals surface area contributed by atoms with Gasteiger partial charge in [-0.25, -0.2) is 4.68 Å². The van der Waals surface area contributed by atoms with Crippen LogP contribution in [0.2, 0.25) is 0 Å². The number of carbonyl (C=O) groups is 1. The smallest absolute Gasteiger partial charge is 0.244 e. The second-order valence-electron chi connectivity index (χ2n) is 5.03. The summed E-state index contributed by atoms with van der Waals surface area (Å²) in [5, 5.41) is 12.1. The molecule has 0 fully saturated rings. The average molecular weight is 307 g/mol. The first-order chi connectivity index (χ1) is 10.2. The fraction of sp³-hybridized carbons (Fsp3) is 0.500. The summed E-state index contributed by atoms with van der Waals surface area (Å²) in [6, 6.07) is 2.03. The van der Waals surface area contributed by atoms with E-state index in [2.05, 4.69) is 15.7 Å². The van der Waals surface area contributed by atoms with Gasteiger partial charge in [-0.05, 0) is 48.2 Å². The van der Waals surface area contributed by atoms with E-state index in [-0.39, 0.29) is 12.5 Å². The normalized spacial score (nSPS) is 10.8. The van der Waals surface area contributed by atoms with Crippen molar-refractivity contribution in [2.45, 2.75) is 32.4 Å². The first kappa shape index (κ1) is 15.7. The van der Waals surface area contributed by atoms with Gasteiger partial charge in [0.05, 0.1) is 5.69 Å². The van der Waals surface area contributed by atoms with Crippen molar-refractivity contribution in [1.82, 2.24) is 19.9 Å². The molecule has 21 heavy (non-hydrogen) atoms. The Bertz CT molecular complexity index is 551. The molecule has 0 spiro atoms. The lowest BCUT2D eigenvalue weighted by Crippen LogP contribution is -2.29. The Morgan fingerprint density at radius 3 is 3.05 bits per heavy atom. The van der Waals surface area contributed by atoms with Gasteiger partial charge in [-0.1, -0.05) is 5.21 Å². The monoisotopic (exact) mass is 307 g/mol. The summed E-state index contributed by atoms with van der Waals surface area (Å²) in [6.45, 7) is 1.55. The molecule has 0 unspecified atom stereocenters. The number of aromatic nitrogens is 3. The predicted molar refractivity (Wildman–Crippen MR) is 82.8 cm³/mol. The lowest BCUT2D eigenvalue weighted by Gasteiger charge is -2.16. The molecular weight excluding hydrogens is 286 g/mol. The number of nitrogens with two attached hydrogens (primary N) is 1. The molecule has 114 valence electrons. The summed E-state index contributed by atoms with van der Waals surface area (Å²) >= 11 is 1.64. The summed E-state index contributed by atoms with van der Waals surface area (Å²) in [6.07, 6.45) is 4.68. The Morgan fingerprint density at radius 1 is 1.48 bits per heavy atom. The highest BCUT2D eigenvalue weighted by Crippen LogP contribution is 2.09. The van der Waals surface area contributed by atoms with Crippen LogP contribution in [0.4, 0.5) is 0 Å². The molecule has 0 aromatic carbocycles. The number of amides is 1. The zero-order chi connectivity index (χ0) is 15.1. The maximum atomic E-state index is 12.1. The van der Waals surface area contributed by atoms with Crippen molar-refractivity contribution >= 4 is 17.2 Å². The highest BCUT2D eigenvalue weighted by molar-refractivity contribution is 7.07. The molecule has 2 aromatic heterocycles. The summed E-state index contributed by atoms with van der Waals surface area (Å²) in [4.78, 5) is 13.8. The highest BCUT2D eigenvalue weighted by Gasteiger charge is 2.11. The van der Waals surface area contributed by atoms with E-state index >= 15 is 0 Å². The molecule has 0 radical (unpaired) electrons. The second kappa shape index (κ2) is 7.90. The van der Waals surface area contributed by atoms with Crippen molar-refractivity contribution in [1.29, 1.82) is 0 Å². The molecule has 2 N–H and O–H groups in total. The van der Waals surface area contributed by atoms with Crippen LogP contribution in [0.1, 0.15) is 24.1 Å². The number of likely N-dealkylation sites (N-methyl/N-ethyl adjacent to an activating group) is 1. The van der Waals surface area contributed by atoms with Gasteiger partial charge in [0.25, 0.3) is 0 Å². The van der Waals surface area contributed by atoms with Crippen molar-refractivity contribution in [3.8, 4) is 0 Å². The van der Waals surface area contributed by atoms with Crippen LogP contribution in [0.25, 0.3) is 0 Å². The third-order valence-electron chi connectivity index (χ3n) is 3.20. The largest absolute Gasteiger partial charge is 0.340 e. The number of unbranched alkanes of at least 4 members (excludes halogenated alkanes) is 1. The first-order valence-electron chi connectivity index (χ1n) is 7.03. The lowest BCUT2D eigenvalue weighted by molar-refractivity contribution is -0.131. The molecule has 2 rings (SSSR count). The fourth-order valence-electron chi connectivity index (χ4n) is 1.98. The van der Waals surface area contributed by atoms with Gasteiger partial charge in [-0.3, -0.25) is 4.79 Å². The summed E-state index contributed by atoms with van der Waals surface area (Å²) in [5.74, 6) is 0.0274. The van der Waals surface area contributed by atoms with Gasteiger partial charge in [0.15, 0.2) is 0 Å². The Labute approximate surface area is 128 Å². The van der Waals surface area contributed by atoms with Crippen molar-refractivity contribution in [3.63, 3.8) is 0 Å². The summed E-state index contributed by atoms with van der Waals surface area (Å²) in [5.41, 5.74) is 7.53. The molecule has 0 aliphatic carbocycles. The van der Waals surface area contributed by atoms with Crippen LogP contribution in [0, 0.1) is 0 Å². The number of hydrogen-bond donors (Lipinski definition) is 1. The maximum absolute atomic E-state index is 12.1. The minimum atomic E-state index is 0.0274. The molecule has 0 atom stereocenters. The van der Waals surface area contributed by atoms with E-state index in [1.807, 2.05) is 17.6 Å². The van der Waals surface area contributed by atoms with Crippen LogP contribution >= 0.6 is 11.3 Å². The van der Waals surface area contributed by atoms with Gasteiger partial charge in [-0.2, -0.15) is 11.3 Å². The Kier molecular flexibility index (Phi) is 5.89. The van der Waals surface area contributed by atoms with Crippen LogP contribution in [0.15, 0.2) is 23.0 Å². The highest BCUT2D eigenvalue weighted by atomic mass is 32.1. The topological polar surface area (TPSA) is 77.0 Å². The number of rotatable bonds is 8. The van der Waals surface area contributed by atoms with E-state index in [9.17, 15) is 4.79 Å². The molecule has 6 nitrogen and oxygen atoms in total. The Balaban J connectivity index is 1.81. The molecule has 2 aromatic rings. The molecule has 0 aliphatic rings. The third-order valence-corrected chi connectivity index (χ3v) is 3.93. The lowest BCUT2D eigenvalue weighted by atomic mass is 10.2. The molecule has 0 saturated heterocycles.